The summed E-state index contributed by atoms with van der Waals surface area (Å²) in [5.74, 6) is -1.44. The zero-order valence-corrected chi connectivity index (χ0v) is 11.5. The Bertz CT molecular complexity index is 605. The van der Waals surface area contributed by atoms with E-state index in [0.29, 0.717) is 14.9 Å². The number of hydrogen-bond acceptors (Lipinski definition) is 2. The van der Waals surface area contributed by atoms with Gasteiger partial charge in [-0.25, -0.2) is 9.18 Å². The molecular weight excluding hydrogens is 319 g/mol. The third-order valence-electron chi connectivity index (χ3n) is 2.27. The summed E-state index contributed by atoms with van der Waals surface area (Å²) in [6.45, 7) is 0. The maximum absolute atomic E-state index is 13.1. The third kappa shape index (κ3) is 2.86. The normalized spacial score (nSPS) is 11.6. The predicted molar refractivity (Wildman–Crippen MR) is 73.9 cm³/mol. The van der Waals surface area contributed by atoms with Gasteiger partial charge in [-0.3, -0.25) is 0 Å². The third-order valence-corrected chi connectivity index (χ3v) is 3.90. The van der Waals surface area contributed by atoms with Crippen molar-refractivity contribution in [2.24, 2.45) is 0 Å². The number of thiophene rings is 1. The molecule has 0 saturated heterocycles. The van der Waals surface area contributed by atoms with Crippen molar-refractivity contribution in [3.8, 4) is 0 Å². The molecule has 0 amide bonds. The molecule has 1 N–H and O–H groups in total. The highest BCUT2D eigenvalue weighted by Crippen LogP contribution is 2.26. The molecule has 5 heteroatoms. The second kappa shape index (κ2) is 5.46. The van der Waals surface area contributed by atoms with Gasteiger partial charge in [0.2, 0.25) is 0 Å². The number of hydrogen-bond donors (Lipinski definition) is 1. The van der Waals surface area contributed by atoms with Crippen molar-refractivity contribution in [3.63, 3.8) is 0 Å². The standard InChI is InChI=1S/C13H8BrFO2S/c14-11-4-3-9(15)6-8(11)7-10(13(16)17)12-2-1-5-18-12/h1-7H,(H,16,17)/b10-7+. The fourth-order valence-electron chi connectivity index (χ4n) is 1.45. The molecule has 0 bridgehead atoms. The van der Waals surface area contributed by atoms with Gasteiger partial charge in [-0.05, 0) is 41.3 Å². The number of carboxylic acid groups (broad SMARTS) is 1. The lowest BCUT2D eigenvalue weighted by atomic mass is 10.1. The van der Waals surface area contributed by atoms with Crippen molar-refractivity contribution in [2.45, 2.75) is 0 Å². The summed E-state index contributed by atoms with van der Waals surface area (Å²) in [5.41, 5.74) is 0.650. The molecule has 1 heterocycles. The minimum absolute atomic E-state index is 0.149. The van der Waals surface area contributed by atoms with Gasteiger partial charge in [-0.1, -0.05) is 22.0 Å². The van der Waals surface area contributed by atoms with E-state index in [4.69, 9.17) is 0 Å². The molecular formula is C13H8BrFO2S. The van der Waals surface area contributed by atoms with Crippen molar-refractivity contribution in [1.82, 2.24) is 0 Å². The monoisotopic (exact) mass is 326 g/mol. The SMILES string of the molecule is O=C(O)/C(=C/c1cc(F)ccc1Br)c1cccs1. The first-order valence-electron chi connectivity index (χ1n) is 5.02. The Hall–Kier alpha value is -1.46. The van der Waals surface area contributed by atoms with Gasteiger partial charge in [0.15, 0.2) is 0 Å². The Balaban J connectivity index is 2.52. The molecule has 1 aromatic carbocycles. The number of benzene rings is 1. The van der Waals surface area contributed by atoms with Crippen LogP contribution >= 0.6 is 27.3 Å². The summed E-state index contributed by atoms with van der Waals surface area (Å²) in [5, 5.41) is 11.0. The van der Waals surface area contributed by atoms with Crippen LogP contribution in [0.2, 0.25) is 0 Å². The lowest BCUT2D eigenvalue weighted by molar-refractivity contribution is -0.130. The van der Waals surface area contributed by atoms with Crippen molar-refractivity contribution in [1.29, 1.82) is 0 Å². The molecule has 1 aromatic heterocycles. The minimum Gasteiger partial charge on any atom is -0.478 e. The lowest BCUT2D eigenvalue weighted by Crippen LogP contribution is -1.98. The van der Waals surface area contributed by atoms with Crippen molar-refractivity contribution in [3.05, 3.63) is 56.4 Å². The average molecular weight is 327 g/mol. The van der Waals surface area contributed by atoms with Gasteiger partial charge in [0, 0.05) is 9.35 Å². The number of aliphatic carboxylic acids is 1. The molecule has 0 saturated carbocycles. The van der Waals surface area contributed by atoms with Gasteiger partial charge in [-0.15, -0.1) is 11.3 Å². The lowest BCUT2D eigenvalue weighted by Gasteiger charge is -2.02. The Morgan fingerprint density at radius 1 is 1.39 bits per heavy atom. The van der Waals surface area contributed by atoms with E-state index in [0.717, 1.165) is 0 Å². The predicted octanol–water partition coefficient (Wildman–Crippen LogP) is 4.27. The van der Waals surface area contributed by atoms with E-state index in [-0.39, 0.29) is 5.57 Å². The van der Waals surface area contributed by atoms with Gasteiger partial charge in [0.1, 0.15) is 5.82 Å². The smallest absolute Gasteiger partial charge is 0.337 e. The number of halogens is 2. The van der Waals surface area contributed by atoms with Crippen LogP contribution in [0, 0.1) is 5.82 Å². The highest BCUT2D eigenvalue weighted by Gasteiger charge is 2.12. The van der Waals surface area contributed by atoms with Crippen LogP contribution in [-0.2, 0) is 4.79 Å². The topological polar surface area (TPSA) is 37.3 Å². The summed E-state index contributed by atoms with van der Waals surface area (Å²) < 4.78 is 13.8. The van der Waals surface area contributed by atoms with Crippen LogP contribution in [0.5, 0.6) is 0 Å². The summed E-state index contributed by atoms with van der Waals surface area (Å²) in [7, 11) is 0. The van der Waals surface area contributed by atoms with E-state index in [2.05, 4.69) is 15.9 Å². The summed E-state index contributed by atoms with van der Waals surface area (Å²) in [6.07, 6.45) is 1.46. The molecule has 2 nitrogen and oxygen atoms in total. The maximum atomic E-state index is 13.1. The Morgan fingerprint density at radius 2 is 2.17 bits per heavy atom. The van der Waals surface area contributed by atoms with Crippen LogP contribution < -0.4 is 0 Å². The molecule has 0 unspecified atom stereocenters. The Morgan fingerprint density at radius 3 is 2.78 bits per heavy atom. The van der Waals surface area contributed by atoms with E-state index < -0.39 is 11.8 Å². The van der Waals surface area contributed by atoms with Crippen LogP contribution in [-0.4, -0.2) is 11.1 Å². The quantitative estimate of drug-likeness (QED) is 0.855. The van der Waals surface area contributed by atoms with E-state index in [1.165, 1.54) is 29.5 Å². The van der Waals surface area contributed by atoms with Crippen molar-refractivity contribution < 1.29 is 14.3 Å². The van der Waals surface area contributed by atoms with Crippen LogP contribution in [0.3, 0.4) is 0 Å². The van der Waals surface area contributed by atoms with Crippen molar-refractivity contribution in [2.75, 3.05) is 0 Å². The largest absolute Gasteiger partial charge is 0.478 e. The summed E-state index contributed by atoms with van der Waals surface area (Å²) in [4.78, 5) is 11.9. The van der Waals surface area contributed by atoms with Crippen LogP contribution in [0.1, 0.15) is 10.4 Å². The summed E-state index contributed by atoms with van der Waals surface area (Å²) >= 11 is 4.60. The molecule has 0 aliphatic heterocycles. The van der Waals surface area contributed by atoms with Crippen LogP contribution in [0.4, 0.5) is 4.39 Å². The van der Waals surface area contributed by atoms with Gasteiger partial charge >= 0.3 is 5.97 Å². The molecule has 0 radical (unpaired) electrons. The number of rotatable bonds is 3. The molecule has 0 aliphatic carbocycles. The first-order chi connectivity index (χ1) is 8.58. The molecule has 0 spiro atoms. The second-order valence-corrected chi connectivity index (χ2v) is 5.31. The van der Waals surface area contributed by atoms with E-state index in [9.17, 15) is 14.3 Å². The molecule has 0 fully saturated rings. The van der Waals surface area contributed by atoms with E-state index in [1.807, 2.05) is 0 Å². The summed E-state index contributed by atoms with van der Waals surface area (Å²) in [6, 6.07) is 7.65. The zero-order valence-electron chi connectivity index (χ0n) is 9.06. The van der Waals surface area contributed by atoms with Crippen LogP contribution in [0.25, 0.3) is 11.6 Å². The minimum atomic E-state index is -1.03. The highest BCUT2D eigenvalue weighted by molar-refractivity contribution is 9.10. The van der Waals surface area contributed by atoms with E-state index >= 15 is 0 Å². The Kier molecular flexibility index (Phi) is 3.93. The van der Waals surface area contributed by atoms with Gasteiger partial charge in [-0.2, -0.15) is 0 Å². The zero-order chi connectivity index (χ0) is 13.1. The maximum Gasteiger partial charge on any atom is 0.337 e. The molecule has 0 aliphatic rings. The number of carboxylic acids is 1. The highest BCUT2D eigenvalue weighted by atomic mass is 79.9. The average Bonchev–Trinajstić information content (AvgIpc) is 2.83. The second-order valence-electron chi connectivity index (χ2n) is 3.51. The first-order valence-corrected chi connectivity index (χ1v) is 6.69. The van der Waals surface area contributed by atoms with Crippen LogP contribution in [0.15, 0.2) is 40.2 Å². The van der Waals surface area contributed by atoms with Crippen molar-refractivity contribution >= 4 is 44.9 Å². The van der Waals surface area contributed by atoms with Gasteiger partial charge in [0.05, 0.1) is 5.57 Å². The molecule has 92 valence electrons. The molecule has 0 atom stereocenters. The fourth-order valence-corrected chi connectivity index (χ4v) is 2.55. The fraction of sp³-hybridized carbons (Fsp3) is 0. The molecule has 2 rings (SSSR count). The van der Waals surface area contributed by atoms with Gasteiger partial charge < -0.3 is 5.11 Å². The molecule has 2 aromatic rings. The van der Waals surface area contributed by atoms with E-state index in [1.54, 1.807) is 23.6 Å². The first kappa shape index (κ1) is 13.0. The number of carbonyl (C=O) groups is 1. The Labute approximate surface area is 116 Å². The van der Waals surface area contributed by atoms with Gasteiger partial charge in [0.25, 0.3) is 0 Å². The molecule has 18 heavy (non-hydrogen) atoms.